The third-order valence-electron chi connectivity index (χ3n) is 3.00. The van der Waals surface area contributed by atoms with E-state index in [0.717, 1.165) is 12.1 Å². The number of rotatable bonds is 4. The van der Waals surface area contributed by atoms with E-state index in [4.69, 9.17) is 9.84 Å². The molecule has 7 heteroatoms. The summed E-state index contributed by atoms with van der Waals surface area (Å²) in [5, 5.41) is 11.5. The largest absolute Gasteiger partial charge is 0.394 e. The normalized spacial score (nSPS) is 19.9. The highest BCUT2D eigenvalue weighted by Gasteiger charge is 2.21. The number of carbonyl (C=O) groups excluding carboxylic acids is 1. The van der Waals surface area contributed by atoms with E-state index in [0.29, 0.717) is 19.7 Å². The molecule has 110 valence electrons. The Morgan fingerprint density at radius 2 is 2.25 bits per heavy atom. The summed E-state index contributed by atoms with van der Waals surface area (Å²) in [5.74, 6) is -2.29. The van der Waals surface area contributed by atoms with Crippen LogP contribution in [-0.2, 0) is 9.53 Å². The molecule has 1 aromatic rings. The molecule has 2 N–H and O–H groups in total. The van der Waals surface area contributed by atoms with Crippen molar-refractivity contribution in [3.8, 4) is 0 Å². The molecule has 1 fully saturated rings. The van der Waals surface area contributed by atoms with Crippen LogP contribution in [-0.4, -0.2) is 54.9 Å². The molecule has 0 aromatic heterocycles. The second-order valence-electron chi connectivity index (χ2n) is 4.59. The highest BCUT2D eigenvalue weighted by Crippen LogP contribution is 2.13. The summed E-state index contributed by atoms with van der Waals surface area (Å²) in [6, 6.07) is 3.19. The van der Waals surface area contributed by atoms with Gasteiger partial charge in [-0.15, -0.1) is 0 Å². The first kappa shape index (κ1) is 14.8. The number of hydrogen-bond acceptors (Lipinski definition) is 4. The maximum Gasteiger partial charge on any atom is 0.238 e. The first-order valence-corrected chi connectivity index (χ1v) is 6.28. The van der Waals surface area contributed by atoms with E-state index >= 15 is 0 Å². The zero-order chi connectivity index (χ0) is 14.5. The number of anilines is 1. The van der Waals surface area contributed by atoms with Gasteiger partial charge >= 0.3 is 0 Å². The van der Waals surface area contributed by atoms with Crippen molar-refractivity contribution in [1.82, 2.24) is 4.90 Å². The van der Waals surface area contributed by atoms with Gasteiger partial charge in [-0.3, -0.25) is 9.69 Å². The van der Waals surface area contributed by atoms with Crippen LogP contribution in [0.1, 0.15) is 0 Å². The number of nitrogens with zero attached hydrogens (tertiary/aromatic N) is 1. The van der Waals surface area contributed by atoms with Gasteiger partial charge in [-0.1, -0.05) is 0 Å². The van der Waals surface area contributed by atoms with Gasteiger partial charge in [-0.25, -0.2) is 8.78 Å². The molecule has 1 unspecified atom stereocenters. The zero-order valence-corrected chi connectivity index (χ0v) is 10.8. The number of halogens is 2. The van der Waals surface area contributed by atoms with Crippen LogP contribution in [0.25, 0.3) is 0 Å². The van der Waals surface area contributed by atoms with Gasteiger partial charge in [-0.2, -0.15) is 0 Å². The standard InChI is InChI=1S/C13H16F2N2O3/c14-11-2-1-9(5-12(11)15)16-13(19)7-17-3-4-20-10(6-17)8-18/h1-2,5,10,18H,3-4,6-8H2,(H,16,19). The zero-order valence-electron chi connectivity index (χ0n) is 10.8. The third-order valence-corrected chi connectivity index (χ3v) is 3.00. The van der Waals surface area contributed by atoms with E-state index in [2.05, 4.69) is 5.32 Å². The highest BCUT2D eigenvalue weighted by atomic mass is 19.2. The van der Waals surface area contributed by atoms with Gasteiger partial charge in [0, 0.05) is 24.8 Å². The van der Waals surface area contributed by atoms with Crippen molar-refractivity contribution in [3.05, 3.63) is 29.8 Å². The van der Waals surface area contributed by atoms with Crippen molar-refractivity contribution < 1.29 is 23.4 Å². The van der Waals surface area contributed by atoms with Crippen LogP contribution >= 0.6 is 0 Å². The van der Waals surface area contributed by atoms with Gasteiger partial charge in [0.25, 0.3) is 0 Å². The van der Waals surface area contributed by atoms with Crippen LogP contribution < -0.4 is 5.32 Å². The van der Waals surface area contributed by atoms with E-state index < -0.39 is 11.6 Å². The van der Waals surface area contributed by atoms with E-state index in [1.165, 1.54) is 6.07 Å². The second-order valence-corrected chi connectivity index (χ2v) is 4.59. The Balaban J connectivity index is 1.87. The molecule has 1 aromatic carbocycles. The summed E-state index contributed by atoms with van der Waals surface area (Å²) in [6.07, 6.45) is -0.292. The van der Waals surface area contributed by atoms with Gasteiger partial charge in [0.2, 0.25) is 5.91 Å². The van der Waals surface area contributed by atoms with Gasteiger partial charge in [0.15, 0.2) is 11.6 Å². The predicted molar refractivity (Wildman–Crippen MR) is 68.3 cm³/mol. The van der Waals surface area contributed by atoms with Gasteiger partial charge < -0.3 is 15.2 Å². The molecule has 1 saturated heterocycles. The maximum absolute atomic E-state index is 13.0. The second kappa shape index (κ2) is 6.74. The molecule has 0 bridgehead atoms. The molecule has 5 nitrogen and oxygen atoms in total. The summed E-state index contributed by atoms with van der Waals surface area (Å²) in [5.41, 5.74) is 0.209. The van der Waals surface area contributed by atoms with Crippen LogP contribution in [0.3, 0.4) is 0 Å². The number of amides is 1. The SMILES string of the molecule is O=C(CN1CCOC(CO)C1)Nc1ccc(F)c(F)c1. The highest BCUT2D eigenvalue weighted by molar-refractivity contribution is 5.92. The lowest BCUT2D eigenvalue weighted by atomic mass is 10.2. The molecule has 20 heavy (non-hydrogen) atoms. The maximum atomic E-state index is 13.0. The van der Waals surface area contributed by atoms with Crippen molar-refractivity contribution >= 4 is 11.6 Å². The Morgan fingerprint density at radius 3 is 2.95 bits per heavy atom. The third kappa shape index (κ3) is 3.96. The molecule has 1 aliphatic heterocycles. The molecule has 2 rings (SSSR count). The predicted octanol–water partition coefficient (Wildman–Crippen LogP) is 0.596. The number of morpholine rings is 1. The molecule has 0 saturated carbocycles. The van der Waals surface area contributed by atoms with Crippen LogP contribution in [0.15, 0.2) is 18.2 Å². The molecule has 0 aliphatic carbocycles. The van der Waals surface area contributed by atoms with Crippen molar-refractivity contribution in [3.63, 3.8) is 0 Å². The minimum absolute atomic E-state index is 0.0959. The smallest absolute Gasteiger partial charge is 0.238 e. The molecule has 1 aliphatic rings. The minimum atomic E-state index is -1.01. The number of hydrogen-bond donors (Lipinski definition) is 2. The van der Waals surface area contributed by atoms with E-state index in [-0.39, 0.29) is 30.9 Å². The number of benzene rings is 1. The van der Waals surface area contributed by atoms with Gasteiger partial charge in [0.05, 0.1) is 25.9 Å². The van der Waals surface area contributed by atoms with Crippen LogP contribution in [0.2, 0.25) is 0 Å². The van der Waals surface area contributed by atoms with Crippen molar-refractivity contribution in [2.45, 2.75) is 6.10 Å². The van der Waals surface area contributed by atoms with E-state index in [1.54, 1.807) is 0 Å². The molecule has 1 heterocycles. The average molecular weight is 286 g/mol. The minimum Gasteiger partial charge on any atom is -0.394 e. The first-order valence-electron chi connectivity index (χ1n) is 6.28. The topological polar surface area (TPSA) is 61.8 Å². The van der Waals surface area contributed by atoms with Gasteiger partial charge in [0.1, 0.15) is 0 Å². The van der Waals surface area contributed by atoms with Crippen molar-refractivity contribution in [2.24, 2.45) is 0 Å². The molecule has 1 amide bonds. The summed E-state index contributed by atoms with van der Waals surface area (Å²) >= 11 is 0. The van der Waals surface area contributed by atoms with Crippen molar-refractivity contribution in [1.29, 1.82) is 0 Å². The van der Waals surface area contributed by atoms with Crippen LogP contribution in [0.4, 0.5) is 14.5 Å². The molecule has 0 radical (unpaired) electrons. The summed E-state index contributed by atoms with van der Waals surface area (Å²) in [7, 11) is 0. The quantitative estimate of drug-likeness (QED) is 0.851. The molecule has 0 spiro atoms. The number of aliphatic hydroxyl groups is 1. The van der Waals surface area contributed by atoms with E-state index in [9.17, 15) is 13.6 Å². The van der Waals surface area contributed by atoms with Crippen LogP contribution in [0.5, 0.6) is 0 Å². The fourth-order valence-electron chi connectivity index (χ4n) is 2.01. The Labute approximate surface area is 115 Å². The molecular weight excluding hydrogens is 270 g/mol. The molecule has 1 atom stereocenters. The fourth-order valence-corrected chi connectivity index (χ4v) is 2.01. The summed E-state index contributed by atoms with van der Waals surface area (Å²) < 4.78 is 31.0. The Kier molecular flexibility index (Phi) is 4.99. The fraction of sp³-hybridized carbons (Fsp3) is 0.462. The summed E-state index contributed by atoms with van der Waals surface area (Å²) in [4.78, 5) is 13.6. The number of nitrogens with one attached hydrogen (secondary N) is 1. The van der Waals surface area contributed by atoms with Crippen LogP contribution in [0, 0.1) is 11.6 Å². The monoisotopic (exact) mass is 286 g/mol. The lowest BCUT2D eigenvalue weighted by molar-refractivity contribution is -0.120. The summed E-state index contributed by atoms with van der Waals surface area (Å²) in [6.45, 7) is 1.51. The van der Waals surface area contributed by atoms with E-state index in [1.807, 2.05) is 4.90 Å². The number of aliphatic hydroxyl groups excluding tert-OH is 1. The number of ether oxygens (including phenoxy) is 1. The average Bonchev–Trinajstić information content (AvgIpc) is 2.43. The Morgan fingerprint density at radius 1 is 1.45 bits per heavy atom. The Hall–Kier alpha value is -1.57. The first-order chi connectivity index (χ1) is 9.58. The van der Waals surface area contributed by atoms with Crippen molar-refractivity contribution in [2.75, 3.05) is 38.2 Å². The number of carbonyl (C=O) groups is 1. The lowest BCUT2D eigenvalue weighted by Crippen LogP contribution is -2.46. The lowest BCUT2D eigenvalue weighted by Gasteiger charge is -2.31. The molecular formula is C13H16F2N2O3. The Bertz CT molecular complexity index is 485. The van der Waals surface area contributed by atoms with Gasteiger partial charge in [-0.05, 0) is 12.1 Å².